The van der Waals surface area contributed by atoms with Crippen LogP contribution in [-0.4, -0.2) is 24.2 Å². The molecule has 1 unspecified atom stereocenters. The van der Waals surface area contributed by atoms with E-state index in [9.17, 15) is 9.59 Å². The van der Waals surface area contributed by atoms with Crippen LogP contribution in [0.25, 0.3) is 5.57 Å². The number of fused-ring (bicyclic) bond motifs is 1. The Morgan fingerprint density at radius 3 is 2.67 bits per heavy atom. The van der Waals surface area contributed by atoms with Crippen molar-refractivity contribution in [2.75, 3.05) is 6.61 Å². The number of amides is 1. The standard InChI is InChI=1S/C20H19NO3/c1-3-24-18(22)12-16-19(14-7-5-4-6-8-14)15-11-13(2)9-10-17(15)21-20(16)23/h4-11,15H,3,12H2,1-2H3. The second kappa shape index (κ2) is 6.79. The fourth-order valence-electron chi connectivity index (χ4n) is 3.05. The van der Waals surface area contributed by atoms with Crippen molar-refractivity contribution in [2.24, 2.45) is 10.9 Å². The van der Waals surface area contributed by atoms with Gasteiger partial charge in [0, 0.05) is 11.5 Å². The third-order valence-corrected chi connectivity index (χ3v) is 4.10. The van der Waals surface area contributed by atoms with Gasteiger partial charge in [0.2, 0.25) is 0 Å². The van der Waals surface area contributed by atoms with Gasteiger partial charge in [-0.05, 0) is 31.1 Å². The number of allylic oxidation sites excluding steroid dienone is 5. The summed E-state index contributed by atoms with van der Waals surface area (Å²) in [4.78, 5) is 28.7. The molecule has 0 bridgehead atoms. The molecular weight excluding hydrogens is 302 g/mol. The molecule has 2 aliphatic rings. The van der Waals surface area contributed by atoms with Gasteiger partial charge in [-0.1, -0.05) is 48.1 Å². The lowest BCUT2D eigenvalue weighted by atomic mass is 9.79. The molecule has 0 spiro atoms. The van der Waals surface area contributed by atoms with Crippen molar-refractivity contribution in [1.82, 2.24) is 0 Å². The van der Waals surface area contributed by atoms with E-state index < -0.39 is 5.97 Å². The van der Waals surface area contributed by atoms with Gasteiger partial charge in [0.1, 0.15) is 0 Å². The number of esters is 1. The van der Waals surface area contributed by atoms with Crippen molar-refractivity contribution in [3.8, 4) is 0 Å². The van der Waals surface area contributed by atoms with Gasteiger partial charge in [-0.2, -0.15) is 0 Å². The van der Waals surface area contributed by atoms with Crippen molar-refractivity contribution in [1.29, 1.82) is 0 Å². The van der Waals surface area contributed by atoms with E-state index in [0.29, 0.717) is 12.2 Å². The maximum atomic E-state index is 12.5. The maximum Gasteiger partial charge on any atom is 0.310 e. The van der Waals surface area contributed by atoms with Gasteiger partial charge < -0.3 is 4.74 Å². The largest absolute Gasteiger partial charge is 0.466 e. The van der Waals surface area contributed by atoms with E-state index in [4.69, 9.17) is 4.74 Å². The number of nitrogens with zero attached hydrogens (tertiary/aromatic N) is 1. The lowest BCUT2D eigenvalue weighted by molar-refractivity contribution is -0.142. The summed E-state index contributed by atoms with van der Waals surface area (Å²) in [7, 11) is 0. The number of carbonyl (C=O) groups excluding carboxylic acids is 2. The lowest BCUT2D eigenvalue weighted by Crippen LogP contribution is -2.26. The number of dihydropyridines is 1. The summed E-state index contributed by atoms with van der Waals surface area (Å²) in [5, 5.41) is 0. The van der Waals surface area contributed by atoms with E-state index in [1.165, 1.54) is 0 Å². The highest BCUT2D eigenvalue weighted by atomic mass is 16.5. The van der Waals surface area contributed by atoms with Crippen LogP contribution in [0.3, 0.4) is 0 Å². The number of aliphatic imine (C=N–C) groups is 1. The van der Waals surface area contributed by atoms with Gasteiger partial charge in [-0.3, -0.25) is 9.59 Å². The van der Waals surface area contributed by atoms with Crippen molar-refractivity contribution in [3.63, 3.8) is 0 Å². The first-order valence-electron chi connectivity index (χ1n) is 8.03. The highest BCUT2D eigenvalue weighted by Crippen LogP contribution is 2.37. The molecule has 0 aromatic heterocycles. The summed E-state index contributed by atoms with van der Waals surface area (Å²) < 4.78 is 5.03. The second-order valence-electron chi connectivity index (χ2n) is 5.80. The summed E-state index contributed by atoms with van der Waals surface area (Å²) in [6, 6.07) is 9.69. The van der Waals surface area contributed by atoms with E-state index >= 15 is 0 Å². The molecule has 0 N–H and O–H groups in total. The van der Waals surface area contributed by atoms with E-state index in [1.807, 2.05) is 49.4 Å². The van der Waals surface area contributed by atoms with E-state index in [0.717, 1.165) is 22.4 Å². The Labute approximate surface area is 141 Å². The zero-order chi connectivity index (χ0) is 17.1. The van der Waals surface area contributed by atoms with Gasteiger partial charge in [-0.15, -0.1) is 0 Å². The molecular formula is C20H19NO3. The first kappa shape index (κ1) is 16.1. The fraction of sp³-hybridized carbons (Fsp3) is 0.250. The quantitative estimate of drug-likeness (QED) is 0.798. The molecule has 0 saturated heterocycles. The summed E-state index contributed by atoms with van der Waals surface area (Å²) in [6.07, 6.45) is 5.85. The SMILES string of the molecule is CCOC(=O)CC1=C(c2ccccc2)C2C=C(C)C=CC2=NC1=O. The topological polar surface area (TPSA) is 55.7 Å². The number of hydrogen-bond acceptors (Lipinski definition) is 3. The predicted octanol–water partition coefficient (Wildman–Crippen LogP) is 3.51. The molecule has 4 heteroatoms. The highest BCUT2D eigenvalue weighted by molar-refractivity contribution is 6.21. The summed E-state index contributed by atoms with van der Waals surface area (Å²) in [5.74, 6) is -0.870. The van der Waals surface area contributed by atoms with Crippen LogP contribution in [0.15, 0.2) is 64.7 Å². The Bertz CT molecular complexity index is 797. The van der Waals surface area contributed by atoms with Crippen LogP contribution in [0.2, 0.25) is 0 Å². The molecule has 0 saturated carbocycles. The summed E-state index contributed by atoms with van der Waals surface area (Å²) >= 11 is 0. The van der Waals surface area contributed by atoms with Crippen LogP contribution in [0.5, 0.6) is 0 Å². The average molecular weight is 321 g/mol. The normalized spacial score (nSPS) is 19.6. The van der Waals surface area contributed by atoms with Crippen molar-refractivity contribution in [2.45, 2.75) is 20.3 Å². The minimum Gasteiger partial charge on any atom is -0.466 e. The Morgan fingerprint density at radius 1 is 1.21 bits per heavy atom. The summed E-state index contributed by atoms with van der Waals surface area (Å²) in [6.45, 7) is 4.05. The van der Waals surface area contributed by atoms with Gasteiger partial charge >= 0.3 is 5.97 Å². The molecule has 1 aromatic carbocycles. The summed E-state index contributed by atoms with van der Waals surface area (Å²) in [5.41, 5.74) is 4.03. The smallest absolute Gasteiger partial charge is 0.310 e. The number of carbonyl (C=O) groups is 2. The van der Waals surface area contributed by atoms with Crippen LogP contribution in [-0.2, 0) is 14.3 Å². The molecule has 1 heterocycles. The lowest BCUT2D eigenvalue weighted by Gasteiger charge is -2.27. The van der Waals surface area contributed by atoms with Gasteiger partial charge in [0.05, 0.1) is 18.7 Å². The minimum atomic E-state index is -0.403. The fourth-order valence-corrected chi connectivity index (χ4v) is 3.05. The molecule has 0 radical (unpaired) electrons. The minimum absolute atomic E-state index is 0.0548. The molecule has 0 fully saturated rings. The van der Waals surface area contributed by atoms with Crippen molar-refractivity contribution in [3.05, 3.63) is 65.3 Å². The molecule has 1 amide bonds. The number of ether oxygens (including phenoxy) is 1. The Balaban J connectivity index is 2.12. The zero-order valence-electron chi connectivity index (χ0n) is 13.8. The molecule has 3 rings (SSSR count). The molecule has 4 nitrogen and oxygen atoms in total. The van der Waals surface area contributed by atoms with Crippen LogP contribution in [0.1, 0.15) is 25.8 Å². The number of hydrogen-bond donors (Lipinski definition) is 0. The maximum absolute atomic E-state index is 12.5. The van der Waals surface area contributed by atoms with E-state index in [1.54, 1.807) is 6.92 Å². The van der Waals surface area contributed by atoms with Crippen molar-refractivity contribution < 1.29 is 14.3 Å². The molecule has 1 aliphatic carbocycles. The van der Waals surface area contributed by atoms with Crippen LogP contribution in [0.4, 0.5) is 0 Å². The number of benzene rings is 1. The van der Waals surface area contributed by atoms with Crippen LogP contribution in [0, 0.1) is 5.92 Å². The third-order valence-electron chi connectivity index (χ3n) is 4.10. The first-order chi connectivity index (χ1) is 11.6. The Morgan fingerprint density at radius 2 is 1.96 bits per heavy atom. The van der Waals surface area contributed by atoms with Crippen LogP contribution < -0.4 is 0 Å². The number of rotatable bonds is 4. The highest BCUT2D eigenvalue weighted by Gasteiger charge is 2.32. The molecule has 1 aliphatic heterocycles. The van der Waals surface area contributed by atoms with E-state index in [2.05, 4.69) is 11.1 Å². The van der Waals surface area contributed by atoms with Gasteiger partial charge in [-0.25, -0.2) is 4.99 Å². The third kappa shape index (κ3) is 3.13. The second-order valence-corrected chi connectivity index (χ2v) is 5.80. The van der Waals surface area contributed by atoms with Gasteiger partial charge in [0.25, 0.3) is 5.91 Å². The Kier molecular flexibility index (Phi) is 4.56. The predicted molar refractivity (Wildman–Crippen MR) is 93.4 cm³/mol. The molecule has 1 atom stereocenters. The molecule has 1 aromatic rings. The zero-order valence-corrected chi connectivity index (χ0v) is 13.8. The van der Waals surface area contributed by atoms with E-state index in [-0.39, 0.29) is 18.2 Å². The Hall–Kier alpha value is -2.75. The molecule has 122 valence electrons. The molecule has 24 heavy (non-hydrogen) atoms. The van der Waals surface area contributed by atoms with Crippen LogP contribution >= 0.6 is 0 Å². The van der Waals surface area contributed by atoms with Gasteiger partial charge in [0.15, 0.2) is 0 Å². The van der Waals surface area contributed by atoms with Crippen molar-refractivity contribution >= 4 is 23.2 Å². The average Bonchev–Trinajstić information content (AvgIpc) is 2.57. The first-order valence-corrected chi connectivity index (χ1v) is 8.03. The monoisotopic (exact) mass is 321 g/mol.